The Morgan fingerprint density at radius 3 is 1.73 bits per heavy atom. The summed E-state index contributed by atoms with van der Waals surface area (Å²) in [4.78, 5) is 27.7. The summed E-state index contributed by atoms with van der Waals surface area (Å²) in [5, 5.41) is 12.0. The minimum atomic E-state index is -1.10. The van der Waals surface area contributed by atoms with Crippen molar-refractivity contribution in [1.29, 1.82) is 0 Å². The number of benzene rings is 3. The van der Waals surface area contributed by atoms with Gasteiger partial charge in [0.05, 0.1) is 12.0 Å². The van der Waals surface area contributed by atoms with Gasteiger partial charge in [-0.15, -0.1) is 0 Å². The van der Waals surface area contributed by atoms with Crippen LogP contribution in [0.3, 0.4) is 0 Å². The molecule has 0 radical (unpaired) electrons. The highest BCUT2D eigenvalue weighted by Gasteiger charge is 2.38. The van der Waals surface area contributed by atoms with E-state index in [-0.39, 0.29) is 6.42 Å². The zero-order valence-corrected chi connectivity index (χ0v) is 18.3. The second-order valence-electron chi connectivity index (χ2n) is 7.88. The molecule has 33 heavy (non-hydrogen) atoms. The first kappa shape index (κ1) is 22.0. The van der Waals surface area contributed by atoms with E-state index in [9.17, 15) is 14.7 Å². The largest absolute Gasteiger partial charge is 0.480 e. The van der Waals surface area contributed by atoms with Crippen molar-refractivity contribution >= 4 is 11.9 Å². The van der Waals surface area contributed by atoms with Crippen molar-refractivity contribution in [1.82, 2.24) is 14.9 Å². The Morgan fingerprint density at radius 2 is 1.33 bits per heavy atom. The van der Waals surface area contributed by atoms with Crippen molar-refractivity contribution in [3.63, 3.8) is 0 Å². The van der Waals surface area contributed by atoms with E-state index < -0.39 is 23.5 Å². The van der Waals surface area contributed by atoms with Gasteiger partial charge in [-0.2, -0.15) is 0 Å². The SMILES string of the molecule is CC(=O)N[C@H](Cc1cn(C(c2ccccc2)(c2ccccc2)c2ccccc2)cn1)C(=O)O. The maximum Gasteiger partial charge on any atom is 0.326 e. The van der Waals surface area contributed by atoms with Crippen LogP contribution in [0.15, 0.2) is 104 Å². The summed E-state index contributed by atoms with van der Waals surface area (Å²) in [7, 11) is 0. The van der Waals surface area contributed by atoms with Crippen LogP contribution in [0.2, 0.25) is 0 Å². The highest BCUT2D eigenvalue weighted by atomic mass is 16.4. The predicted octanol–water partition coefficient (Wildman–Crippen LogP) is 3.86. The van der Waals surface area contributed by atoms with Gasteiger partial charge >= 0.3 is 5.97 Å². The molecule has 0 aliphatic rings. The number of aromatic nitrogens is 2. The van der Waals surface area contributed by atoms with Crippen molar-refractivity contribution in [2.24, 2.45) is 0 Å². The lowest BCUT2D eigenvalue weighted by Crippen LogP contribution is -2.41. The summed E-state index contributed by atoms with van der Waals surface area (Å²) in [5.74, 6) is -1.49. The number of amides is 1. The lowest BCUT2D eigenvalue weighted by molar-refractivity contribution is -0.141. The first-order valence-corrected chi connectivity index (χ1v) is 10.7. The molecular weight excluding hydrogens is 414 g/mol. The normalized spacial score (nSPS) is 12.2. The van der Waals surface area contributed by atoms with Crippen LogP contribution in [0.1, 0.15) is 29.3 Å². The van der Waals surface area contributed by atoms with Crippen LogP contribution in [0.25, 0.3) is 0 Å². The average Bonchev–Trinajstić information content (AvgIpc) is 3.30. The zero-order chi connectivity index (χ0) is 23.3. The second kappa shape index (κ2) is 9.53. The number of aliphatic carboxylic acids is 1. The van der Waals surface area contributed by atoms with Gasteiger partial charge in [-0.3, -0.25) is 4.79 Å². The molecule has 6 nitrogen and oxygen atoms in total. The second-order valence-corrected chi connectivity index (χ2v) is 7.88. The first-order chi connectivity index (χ1) is 16.0. The van der Waals surface area contributed by atoms with Gasteiger partial charge in [0.1, 0.15) is 11.6 Å². The quantitative estimate of drug-likeness (QED) is 0.409. The highest BCUT2D eigenvalue weighted by molar-refractivity contribution is 5.82. The van der Waals surface area contributed by atoms with Gasteiger partial charge in [-0.25, -0.2) is 9.78 Å². The molecule has 0 aliphatic carbocycles. The van der Waals surface area contributed by atoms with Crippen LogP contribution in [-0.2, 0) is 21.5 Å². The Morgan fingerprint density at radius 1 is 0.879 bits per heavy atom. The molecule has 0 saturated heterocycles. The Labute approximate surface area is 192 Å². The molecule has 3 aromatic carbocycles. The van der Waals surface area contributed by atoms with Gasteiger partial charge < -0.3 is 15.0 Å². The standard InChI is InChI=1S/C27H25N3O3/c1-20(31)29-25(26(32)33)17-24-18-30(19-28-24)27(21-11-5-2-6-12-21,22-13-7-3-8-14-22)23-15-9-4-10-16-23/h2-16,18-19,25H,17H2,1H3,(H,29,31)(H,32,33)/t25-/m1/s1. The summed E-state index contributed by atoms with van der Waals surface area (Å²) in [6, 6.07) is 29.4. The van der Waals surface area contributed by atoms with Crippen molar-refractivity contribution in [3.05, 3.63) is 126 Å². The van der Waals surface area contributed by atoms with Crippen LogP contribution in [-0.4, -0.2) is 32.6 Å². The van der Waals surface area contributed by atoms with E-state index in [0.717, 1.165) is 16.7 Å². The van der Waals surface area contributed by atoms with Gasteiger partial charge in [0.25, 0.3) is 0 Å². The number of hydrogen-bond acceptors (Lipinski definition) is 3. The first-order valence-electron chi connectivity index (χ1n) is 10.7. The van der Waals surface area contributed by atoms with Crippen LogP contribution in [0, 0.1) is 0 Å². The third-order valence-electron chi connectivity index (χ3n) is 5.69. The highest BCUT2D eigenvalue weighted by Crippen LogP contribution is 2.40. The number of imidazole rings is 1. The Balaban J connectivity index is 1.90. The molecule has 0 unspecified atom stereocenters. The van der Waals surface area contributed by atoms with E-state index >= 15 is 0 Å². The molecule has 0 aliphatic heterocycles. The number of nitrogens with one attached hydrogen (secondary N) is 1. The van der Waals surface area contributed by atoms with E-state index in [4.69, 9.17) is 0 Å². The fourth-order valence-corrected chi connectivity index (χ4v) is 4.29. The summed E-state index contributed by atoms with van der Waals surface area (Å²) in [5.41, 5.74) is 2.99. The van der Waals surface area contributed by atoms with Gasteiger partial charge in [0.2, 0.25) is 5.91 Å². The number of nitrogens with zero attached hydrogens (tertiary/aromatic N) is 2. The van der Waals surface area contributed by atoms with E-state index in [1.54, 1.807) is 6.33 Å². The van der Waals surface area contributed by atoms with Crippen molar-refractivity contribution < 1.29 is 14.7 Å². The minimum absolute atomic E-state index is 0.0797. The summed E-state index contributed by atoms with van der Waals surface area (Å²) in [6.07, 6.45) is 3.68. The molecule has 0 bridgehead atoms. The Hall–Kier alpha value is -4.19. The fraction of sp³-hybridized carbons (Fsp3) is 0.148. The van der Waals surface area contributed by atoms with Crippen molar-refractivity contribution in [3.8, 4) is 0 Å². The molecular formula is C27H25N3O3. The van der Waals surface area contributed by atoms with Crippen molar-refractivity contribution in [2.45, 2.75) is 24.9 Å². The topological polar surface area (TPSA) is 84.2 Å². The van der Waals surface area contributed by atoms with Crippen molar-refractivity contribution in [2.75, 3.05) is 0 Å². The van der Waals surface area contributed by atoms with E-state index in [2.05, 4.69) is 46.7 Å². The number of carboxylic acid groups (broad SMARTS) is 1. The minimum Gasteiger partial charge on any atom is -0.480 e. The lowest BCUT2D eigenvalue weighted by Gasteiger charge is -2.37. The number of carbonyl (C=O) groups is 2. The molecule has 0 fully saturated rings. The number of rotatable bonds is 8. The third-order valence-corrected chi connectivity index (χ3v) is 5.69. The molecule has 0 spiro atoms. The van der Waals surface area contributed by atoms with Crippen LogP contribution in [0.4, 0.5) is 0 Å². The van der Waals surface area contributed by atoms with Crippen LogP contribution < -0.4 is 5.32 Å². The third kappa shape index (κ3) is 4.41. The van der Waals surface area contributed by atoms with Gasteiger partial charge in [-0.05, 0) is 16.7 Å². The Bertz CT molecular complexity index is 1120. The monoisotopic (exact) mass is 439 g/mol. The van der Waals surface area contributed by atoms with E-state index in [1.807, 2.05) is 65.4 Å². The van der Waals surface area contributed by atoms with E-state index in [0.29, 0.717) is 5.69 Å². The smallest absolute Gasteiger partial charge is 0.326 e. The fourth-order valence-electron chi connectivity index (χ4n) is 4.29. The predicted molar refractivity (Wildman–Crippen MR) is 126 cm³/mol. The van der Waals surface area contributed by atoms with Gasteiger partial charge in [0.15, 0.2) is 0 Å². The summed E-state index contributed by atoms with van der Waals surface area (Å²) in [6.45, 7) is 1.31. The molecule has 4 aromatic rings. The number of carbonyl (C=O) groups excluding carboxylic acids is 1. The van der Waals surface area contributed by atoms with E-state index in [1.165, 1.54) is 6.92 Å². The molecule has 1 atom stereocenters. The molecule has 1 heterocycles. The molecule has 0 saturated carbocycles. The summed E-state index contributed by atoms with van der Waals surface area (Å²) >= 11 is 0. The maximum absolute atomic E-state index is 11.7. The maximum atomic E-state index is 11.7. The molecule has 2 N–H and O–H groups in total. The molecule has 1 aromatic heterocycles. The lowest BCUT2D eigenvalue weighted by atomic mass is 9.77. The molecule has 1 amide bonds. The molecule has 4 rings (SSSR count). The molecule has 6 heteroatoms. The number of hydrogen-bond donors (Lipinski definition) is 2. The average molecular weight is 440 g/mol. The van der Waals surface area contributed by atoms with Gasteiger partial charge in [-0.1, -0.05) is 91.0 Å². The van der Waals surface area contributed by atoms with Crippen LogP contribution in [0.5, 0.6) is 0 Å². The number of carboxylic acids is 1. The zero-order valence-electron chi connectivity index (χ0n) is 18.3. The van der Waals surface area contributed by atoms with Gasteiger partial charge in [0, 0.05) is 19.5 Å². The molecule has 166 valence electrons. The van der Waals surface area contributed by atoms with Crippen LogP contribution >= 0.6 is 0 Å². The Kier molecular flexibility index (Phi) is 6.36. The summed E-state index contributed by atoms with van der Waals surface area (Å²) < 4.78 is 2.02.